The van der Waals surface area contributed by atoms with E-state index in [-0.39, 0.29) is 11.3 Å². The number of hydrogen-bond donors (Lipinski definition) is 1. The summed E-state index contributed by atoms with van der Waals surface area (Å²) in [7, 11) is 0. The van der Waals surface area contributed by atoms with Crippen molar-refractivity contribution in [2.45, 2.75) is 38.5 Å². The van der Waals surface area contributed by atoms with Gasteiger partial charge in [-0.3, -0.25) is 4.79 Å². The summed E-state index contributed by atoms with van der Waals surface area (Å²) in [6, 6.07) is 1.69. The molecule has 16 heavy (non-hydrogen) atoms. The Morgan fingerprint density at radius 3 is 2.94 bits per heavy atom. The summed E-state index contributed by atoms with van der Waals surface area (Å²) in [4.78, 5) is 11.8. The van der Waals surface area contributed by atoms with Crippen LogP contribution in [0.4, 0.5) is 0 Å². The molecule has 1 heterocycles. The number of furan rings is 1. The molecule has 0 aromatic carbocycles. The highest BCUT2D eigenvalue weighted by molar-refractivity contribution is 6.20. The molecule has 1 amide bonds. The van der Waals surface area contributed by atoms with E-state index in [0.29, 0.717) is 12.1 Å². The largest absolute Gasteiger partial charge is 0.469 e. The molecule has 0 spiro atoms. The van der Waals surface area contributed by atoms with Crippen molar-refractivity contribution in [3.05, 3.63) is 23.7 Å². The highest BCUT2D eigenvalue weighted by atomic mass is 35.5. The average molecular weight is 244 g/mol. The van der Waals surface area contributed by atoms with Crippen LogP contribution in [0.3, 0.4) is 0 Å². The van der Waals surface area contributed by atoms with Crippen LogP contribution in [0, 0.1) is 0 Å². The van der Waals surface area contributed by atoms with Crippen LogP contribution in [-0.2, 0) is 6.42 Å². The van der Waals surface area contributed by atoms with Gasteiger partial charge in [-0.1, -0.05) is 20.3 Å². The lowest BCUT2D eigenvalue weighted by atomic mass is 10.2. The maximum atomic E-state index is 11.8. The summed E-state index contributed by atoms with van der Waals surface area (Å²) in [5.41, 5.74) is 0.614. The summed E-state index contributed by atoms with van der Waals surface area (Å²) < 4.78 is 5.20. The Hall–Kier alpha value is -0.960. The molecule has 1 atom stereocenters. The normalized spacial score (nSPS) is 12.4. The van der Waals surface area contributed by atoms with Crippen LogP contribution in [0.2, 0.25) is 0 Å². The Labute approximate surface area is 101 Å². The lowest BCUT2D eigenvalue weighted by molar-refractivity contribution is 0.0951. The highest BCUT2D eigenvalue weighted by Crippen LogP contribution is 2.11. The van der Waals surface area contributed by atoms with Crippen molar-refractivity contribution in [1.29, 1.82) is 0 Å². The first kappa shape index (κ1) is 13.1. The van der Waals surface area contributed by atoms with E-state index >= 15 is 0 Å². The molecule has 1 unspecified atom stereocenters. The van der Waals surface area contributed by atoms with E-state index in [1.165, 1.54) is 6.26 Å². The van der Waals surface area contributed by atoms with Crippen molar-refractivity contribution in [3.63, 3.8) is 0 Å². The Morgan fingerprint density at radius 1 is 1.56 bits per heavy atom. The third kappa shape index (κ3) is 3.56. The Kier molecular flexibility index (Phi) is 5.39. The summed E-state index contributed by atoms with van der Waals surface area (Å²) in [5.74, 6) is 0.617. The van der Waals surface area contributed by atoms with Crippen molar-refractivity contribution in [2.75, 3.05) is 6.54 Å². The monoisotopic (exact) mass is 243 g/mol. The quantitative estimate of drug-likeness (QED) is 0.781. The van der Waals surface area contributed by atoms with Gasteiger partial charge in [0.1, 0.15) is 5.76 Å². The molecule has 1 aromatic heterocycles. The average Bonchev–Trinajstić information content (AvgIpc) is 2.74. The van der Waals surface area contributed by atoms with Crippen LogP contribution in [-0.4, -0.2) is 17.8 Å². The van der Waals surface area contributed by atoms with Gasteiger partial charge < -0.3 is 9.73 Å². The molecule has 0 aliphatic heterocycles. The van der Waals surface area contributed by atoms with E-state index in [4.69, 9.17) is 16.0 Å². The molecule has 3 nitrogen and oxygen atoms in total. The van der Waals surface area contributed by atoms with Crippen LogP contribution in [0.1, 0.15) is 42.8 Å². The van der Waals surface area contributed by atoms with E-state index in [1.54, 1.807) is 6.07 Å². The van der Waals surface area contributed by atoms with Crippen LogP contribution in [0.5, 0.6) is 0 Å². The second-order valence-corrected chi connectivity index (χ2v) is 4.32. The zero-order valence-corrected chi connectivity index (χ0v) is 10.5. The third-order valence-corrected chi connectivity index (χ3v) is 2.77. The van der Waals surface area contributed by atoms with Gasteiger partial charge in [-0.05, 0) is 12.5 Å². The van der Waals surface area contributed by atoms with Crippen LogP contribution in [0.15, 0.2) is 16.7 Å². The summed E-state index contributed by atoms with van der Waals surface area (Å²) in [6.07, 6.45) is 4.19. The van der Waals surface area contributed by atoms with E-state index in [0.717, 1.165) is 25.0 Å². The number of rotatable bonds is 6. The summed E-state index contributed by atoms with van der Waals surface area (Å²) in [5, 5.41) is 2.82. The minimum absolute atomic E-state index is 0.00549. The fourth-order valence-electron chi connectivity index (χ4n) is 1.53. The zero-order valence-electron chi connectivity index (χ0n) is 9.75. The number of nitrogens with one attached hydrogen (secondary N) is 1. The summed E-state index contributed by atoms with van der Waals surface area (Å²) >= 11 is 6.02. The maximum absolute atomic E-state index is 11.8. The fourth-order valence-corrected chi connectivity index (χ4v) is 1.83. The van der Waals surface area contributed by atoms with Gasteiger partial charge in [0.25, 0.3) is 5.91 Å². The van der Waals surface area contributed by atoms with E-state index < -0.39 is 0 Å². The molecular weight excluding hydrogens is 226 g/mol. The van der Waals surface area contributed by atoms with Crippen LogP contribution >= 0.6 is 11.6 Å². The SMILES string of the molecule is CCCC(Cl)CNC(=O)c1ccoc1CC. The van der Waals surface area contributed by atoms with Crippen molar-refractivity contribution in [1.82, 2.24) is 5.32 Å². The van der Waals surface area contributed by atoms with Gasteiger partial charge >= 0.3 is 0 Å². The minimum atomic E-state index is -0.104. The first-order valence-corrected chi connectivity index (χ1v) is 6.11. The molecule has 4 heteroatoms. The lowest BCUT2D eigenvalue weighted by Crippen LogP contribution is -2.29. The molecule has 0 fully saturated rings. The molecule has 1 N–H and O–H groups in total. The molecule has 90 valence electrons. The van der Waals surface area contributed by atoms with E-state index in [9.17, 15) is 4.79 Å². The number of amides is 1. The van der Waals surface area contributed by atoms with Crippen LogP contribution in [0.25, 0.3) is 0 Å². The molecule has 0 saturated carbocycles. The third-order valence-electron chi connectivity index (χ3n) is 2.40. The summed E-state index contributed by atoms with van der Waals surface area (Å²) in [6.45, 7) is 4.53. The predicted octanol–water partition coefficient (Wildman–Crippen LogP) is 2.98. The van der Waals surface area contributed by atoms with Crippen molar-refractivity contribution < 1.29 is 9.21 Å². The van der Waals surface area contributed by atoms with E-state index in [1.807, 2.05) is 6.92 Å². The molecule has 1 rings (SSSR count). The number of alkyl halides is 1. The topological polar surface area (TPSA) is 42.2 Å². The van der Waals surface area contributed by atoms with Gasteiger partial charge in [-0.25, -0.2) is 0 Å². The number of carbonyl (C=O) groups excluding carboxylic acids is 1. The number of carbonyl (C=O) groups is 1. The molecule has 0 saturated heterocycles. The molecule has 0 bridgehead atoms. The molecule has 0 radical (unpaired) electrons. The standard InChI is InChI=1S/C12H18ClNO2/c1-3-5-9(13)8-14-12(15)10-6-7-16-11(10)4-2/h6-7,9H,3-5,8H2,1-2H3,(H,14,15). The van der Waals surface area contributed by atoms with Gasteiger partial charge in [-0.2, -0.15) is 0 Å². The fraction of sp³-hybridized carbons (Fsp3) is 0.583. The van der Waals surface area contributed by atoms with Gasteiger partial charge in [0.15, 0.2) is 0 Å². The molecule has 0 aliphatic rings. The first-order chi connectivity index (χ1) is 7.69. The van der Waals surface area contributed by atoms with Gasteiger partial charge in [0.2, 0.25) is 0 Å². The van der Waals surface area contributed by atoms with Crippen molar-refractivity contribution in [3.8, 4) is 0 Å². The molecule has 0 aliphatic carbocycles. The van der Waals surface area contributed by atoms with Gasteiger partial charge in [-0.15, -0.1) is 11.6 Å². The smallest absolute Gasteiger partial charge is 0.254 e. The second-order valence-electron chi connectivity index (χ2n) is 3.71. The predicted molar refractivity (Wildman–Crippen MR) is 65.0 cm³/mol. The first-order valence-electron chi connectivity index (χ1n) is 5.67. The van der Waals surface area contributed by atoms with Gasteiger partial charge in [0.05, 0.1) is 17.2 Å². The zero-order chi connectivity index (χ0) is 12.0. The number of aryl methyl sites for hydroxylation is 1. The molecular formula is C12H18ClNO2. The Morgan fingerprint density at radius 2 is 2.31 bits per heavy atom. The van der Waals surface area contributed by atoms with Crippen molar-refractivity contribution in [2.24, 2.45) is 0 Å². The minimum Gasteiger partial charge on any atom is -0.469 e. The molecule has 1 aromatic rings. The highest BCUT2D eigenvalue weighted by Gasteiger charge is 2.13. The Balaban J connectivity index is 2.46. The Bertz CT molecular complexity index is 336. The van der Waals surface area contributed by atoms with Crippen LogP contribution < -0.4 is 5.32 Å². The second kappa shape index (κ2) is 6.59. The number of hydrogen-bond acceptors (Lipinski definition) is 2. The van der Waals surface area contributed by atoms with E-state index in [2.05, 4.69) is 12.2 Å². The van der Waals surface area contributed by atoms with Gasteiger partial charge in [0, 0.05) is 13.0 Å². The number of halogens is 1. The lowest BCUT2D eigenvalue weighted by Gasteiger charge is -2.09. The maximum Gasteiger partial charge on any atom is 0.254 e. The van der Waals surface area contributed by atoms with Crippen molar-refractivity contribution >= 4 is 17.5 Å².